The van der Waals surface area contributed by atoms with E-state index in [4.69, 9.17) is 23.1 Å². The smallest absolute Gasteiger partial charge is 0.231 e. The van der Waals surface area contributed by atoms with E-state index in [1.165, 1.54) is 0 Å². The first-order valence-corrected chi connectivity index (χ1v) is 16.9. The Labute approximate surface area is 261 Å². The summed E-state index contributed by atoms with van der Waals surface area (Å²) in [5, 5.41) is 15.0. The lowest BCUT2D eigenvalue weighted by Crippen LogP contribution is -2.47. The van der Waals surface area contributed by atoms with E-state index in [9.17, 15) is 13.5 Å². The van der Waals surface area contributed by atoms with Crippen molar-refractivity contribution in [1.29, 1.82) is 0 Å². The number of rotatable bonds is 10. The van der Waals surface area contributed by atoms with Crippen molar-refractivity contribution in [3.8, 4) is 11.3 Å². The zero-order valence-corrected chi connectivity index (χ0v) is 26.4. The van der Waals surface area contributed by atoms with E-state index in [2.05, 4.69) is 20.3 Å². The van der Waals surface area contributed by atoms with Gasteiger partial charge < -0.3 is 31.8 Å². The normalized spacial score (nSPS) is 22.2. The SMILES string of the molecule is CC(N)=NCC[C@@H]1CS(=O)(=O)C[C@@H](c2ccc(N3C=c4cc(-c5cc(CCC[C@H](C)N)cc(Cl)c5F)[nH]c4=NC3O)cc2)N1. The molecule has 3 heterocycles. The summed E-state index contributed by atoms with van der Waals surface area (Å²) in [5.41, 5.74) is 15.1. The third kappa shape index (κ3) is 7.67. The maximum Gasteiger partial charge on any atom is 0.231 e. The Bertz CT molecular complexity index is 1760. The average Bonchev–Trinajstić information content (AvgIpc) is 3.36. The summed E-state index contributed by atoms with van der Waals surface area (Å²) in [6.07, 6.45) is 3.52. The molecule has 0 amide bonds. The number of nitrogens with two attached hydrogens (primary N) is 2. The van der Waals surface area contributed by atoms with Crippen LogP contribution >= 0.6 is 11.6 Å². The maximum absolute atomic E-state index is 15.1. The minimum atomic E-state index is -3.25. The van der Waals surface area contributed by atoms with Crippen LogP contribution in [0.25, 0.3) is 17.5 Å². The predicted molar refractivity (Wildman–Crippen MR) is 173 cm³/mol. The lowest BCUT2D eigenvalue weighted by Gasteiger charge is -2.31. The molecule has 2 aromatic carbocycles. The molecule has 7 N–H and O–H groups in total. The van der Waals surface area contributed by atoms with Crippen LogP contribution in [-0.2, 0) is 16.3 Å². The standard InChI is InChI=1S/C31H39ClFN7O3S/c1-18(34)4-3-5-20-12-25(29(33)26(32)13-20)27-14-22-15-40(31(41)39-30(22)38-27)24-8-6-21(7-9-24)28-17-44(42,43)16-23(37-28)10-11-36-19(2)35/h6-9,12-15,18,23,28,31,37,41H,3-5,10-11,16-17,34H2,1-2H3,(H2,35,36)(H,38,39)/t18-,23+,28-,31?/m0/s1. The molecule has 1 saturated heterocycles. The van der Waals surface area contributed by atoms with Gasteiger partial charge in [0.05, 0.1) is 28.1 Å². The number of halogens is 2. The number of amidine groups is 1. The molecule has 0 aliphatic carbocycles. The molecule has 10 nitrogen and oxygen atoms in total. The number of aryl methyl sites for hydroxylation is 1. The molecule has 0 bridgehead atoms. The van der Waals surface area contributed by atoms with E-state index in [1.807, 2.05) is 31.2 Å². The molecule has 0 saturated carbocycles. The van der Waals surface area contributed by atoms with Gasteiger partial charge in [-0.15, -0.1) is 0 Å². The van der Waals surface area contributed by atoms with Gasteiger partial charge in [-0.3, -0.25) is 4.99 Å². The molecular formula is C31H39ClFN7O3S. The van der Waals surface area contributed by atoms with E-state index in [0.717, 1.165) is 30.4 Å². The summed E-state index contributed by atoms with van der Waals surface area (Å²) in [4.78, 5) is 13.3. The van der Waals surface area contributed by atoms with Gasteiger partial charge in [-0.25, -0.2) is 17.8 Å². The van der Waals surface area contributed by atoms with E-state index >= 15 is 4.39 Å². The molecule has 0 radical (unpaired) electrons. The van der Waals surface area contributed by atoms with Crippen LogP contribution in [0.4, 0.5) is 10.1 Å². The Balaban J connectivity index is 1.36. The molecule has 0 spiro atoms. The number of sulfone groups is 1. The Kier molecular flexibility index (Phi) is 9.76. The van der Waals surface area contributed by atoms with Gasteiger partial charge >= 0.3 is 0 Å². The highest BCUT2D eigenvalue weighted by molar-refractivity contribution is 7.91. The van der Waals surface area contributed by atoms with Gasteiger partial charge in [0.2, 0.25) is 6.35 Å². The molecule has 13 heteroatoms. The zero-order chi connectivity index (χ0) is 31.6. The second kappa shape index (κ2) is 13.4. The van der Waals surface area contributed by atoms with Crippen molar-refractivity contribution >= 4 is 39.2 Å². The first-order valence-electron chi connectivity index (χ1n) is 14.7. The molecule has 3 aromatic rings. The summed E-state index contributed by atoms with van der Waals surface area (Å²) >= 11 is 6.25. The highest BCUT2D eigenvalue weighted by Crippen LogP contribution is 2.29. The van der Waals surface area contributed by atoms with Gasteiger partial charge in [-0.05, 0) is 81.0 Å². The van der Waals surface area contributed by atoms with E-state index in [-0.39, 0.29) is 34.7 Å². The molecule has 1 unspecified atom stereocenters. The van der Waals surface area contributed by atoms with Gasteiger partial charge in [0.15, 0.2) is 15.7 Å². The Morgan fingerprint density at radius 3 is 2.70 bits per heavy atom. The number of nitrogens with one attached hydrogen (secondary N) is 2. The highest BCUT2D eigenvalue weighted by atomic mass is 35.5. The predicted octanol–water partition coefficient (Wildman–Crippen LogP) is 2.49. The quantitative estimate of drug-likeness (QED) is 0.167. The monoisotopic (exact) mass is 643 g/mol. The van der Waals surface area contributed by atoms with Crippen LogP contribution in [0.1, 0.15) is 50.3 Å². The number of nitrogens with zero attached hydrogens (tertiary/aromatic N) is 3. The lowest BCUT2D eigenvalue weighted by molar-refractivity contribution is 0.186. The van der Waals surface area contributed by atoms with Gasteiger partial charge in [-0.2, -0.15) is 0 Å². The van der Waals surface area contributed by atoms with Gasteiger partial charge in [0, 0.05) is 47.3 Å². The van der Waals surface area contributed by atoms with Crippen molar-refractivity contribution in [2.75, 3.05) is 23.0 Å². The third-order valence-electron chi connectivity index (χ3n) is 7.85. The highest BCUT2D eigenvalue weighted by Gasteiger charge is 2.32. The van der Waals surface area contributed by atoms with Gasteiger partial charge in [0.1, 0.15) is 5.49 Å². The minimum Gasteiger partial charge on any atom is -0.388 e. The van der Waals surface area contributed by atoms with Crippen LogP contribution in [0.5, 0.6) is 0 Å². The number of anilines is 1. The van der Waals surface area contributed by atoms with Crippen molar-refractivity contribution in [1.82, 2.24) is 10.3 Å². The van der Waals surface area contributed by atoms with Crippen LogP contribution in [0.15, 0.2) is 52.4 Å². The topological polar surface area (TPSA) is 162 Å². The summed E-state index contributed by atoms with van der Waals surface area (Å²) in [7, 11) is -3.25. The number of hydrogen-bond donors (Lipinski definition) is 5. The number of aromatic amines is 1. The first kappa shape index (κ1) is 32.1. The summed E-state index contributed by atoms with van der Waals surface area (Å²) in [6, 6.07) is 12.0. The number of H-pyrrole nitrogens is 1. The molecule has 44 heavy (non-hydrogen) atoms. The number of benzene rings is 2. The largest absolute Gasteiger partial charge is 0.388 e. The van der Waals surface area contributed by atoms with Gasteiger partial charge in [-0.1, -0.05) is 23.7 Å². The molecule has 2 aliphatic heterocycles. The third-order valence-corrected chi connectivity index (χ3v) is 9.87. The molecule has 1 aromatic heterocycles. The Morgan fingerprint density at radius 1 is 1.25 bits per heavy atom. The fraction of sp³-hybridized carbons (Fsp3) is 0.419. The Morgan fingerprint density at radius 2 is 2.00 bits per heavy atom. The molecule has 1 fully saturated rings. The van der Waals surface area contributed by atoms with Crippen LogP contribution in [0.3, 0.4) is 0 Å². The fourth-order valence-electron chi connectivity index (χ4n) is 5.67. The summed E-state index contributed by atoms with van der Waals surface area (Å²) in [6.45, 7) is 4.11. The number of aliphatic hydroxyl groups excluding tert-OH is 1. The molecule has 4 atom stereocenters. The number of aliphatic imine (C=N–C) groups is 1. The Hall–Kier alpha value is -3.29. The molecular weight excluding hydrogens is 605 g/mol. The number of aliphatic hydroxyl groups is 1. The van der Waals surface area contributed by atoms with E-state index < -0.39 is 22.0 Å². The maximum atomic E-state index is 15.1. The zero-order valence-electron chi connectivity index (χ0n) is 24.8. The van der Waals surface area contributed by atoms with Crippen molar-refractivity contribution in [2.45, 2.75) is 64.0 Å². The number of hydrogen-bond acceptors (Lipinski definition) is 8. The molecule has 5 rings (SSSR count). The molecule has 2 aliphatic rings. The minimum absolute atomic E-state index is 0.000760. The number of fused-ring (bicyclic) bond motifs is 1. The van der Waals surface area contributed by atoms with Crippen molar-refractivity contribution in [3.63, 3.8) is 0 Å². The second-order valence-electron chi connectivity index (χ2n) is 11.7. The summed E-state index contributed by atoms with van der Waals surface area (Å²) < 4.78 is 40.4. The van der Waals surface area contributed by atoms with E-state index in [1.54, 1.807) is 36.2 Å². The van der Waals surface area contributed by atoms with Crippen LogP contribution < -0.4 is 32.4 Å². The van der Waals surface area contributed by atoms with Gasteiger partial charge in [0.25, 0.3) is 0 Å². The number of aromatic nitrogens is 1. The van der Waals surface area contributed by atoms with Crippen molar-refractivity contribution < 1.29 is 17.9 Å². The van der Waals surface area contributed by atoms with Crippen LogP contribution in [0, 0.1) is 5.82 Å². The molecule has 236 valence electrons. The van der Waals surface area contributed by atoms with E-state index in [0.29, 0.717) is 46.5 Å². The average molecular weight is 644 g/mol. The fourth-order valence-corrected chi connectivity index (χ4v) is 7.72. The first-order chi connectivity index (χ1) is 20.9. The van der Waals surface area contributed by atoms with Crippen LogP contribution in [0.2, 0.25) is 5.02 Å². The second-order valence-corrected chi connectivity index (χ2v) is 14.3. The lowest BCUT2D eigenvalue weighted by atomic mass is 10.0. The summed E-state index contributed by atoms with van der Waals surface area (Å²) in [5.74, 6) is -0.000481. The van der Waals surface area contributed by atoms with Crippen molar-refractivity contribution in [3.05, 3.63) is 75.1 Å². The van der Waals surface area contributed by atoms with Crippen molar-refractivity contribution in [2.24, 2.45) is 21.5 Å². The van der Waals surface area contributed by atoms with Crippen LogP contribution in [-0.4, -0.2) is 60.8 Å².